The highest BCUT2D eigenvalue weighted by molar-refractivity contribution is 5.74. The molecule has 3 fully saturated rings. The number of hydrogen-bond donors (Lipinski definition) is 1. The zero-order chi connectivity index (χ0) is 16.7. The SMILES string of the molecule is C=C1CC[C@H]2[C@@](C)(CO)CCC[C@]2(C)[C@H]1CCC1CCOC1=O. The third kappa shape index (κ3) is 2.86. The second-order valence-electron chi connectivity index (χ2n) is 8.70. The Hall–Kier alpha value is -0.830. The van der Waals surface area contributed by atoms with Crippen molar-refractivity contribution in [3.8, 4) is 0 Å². The lowest BCUT2D eigenvalue weighted by molar-refractivity contribution is -0.141. The molecule has 0 aromatic heterocycles. The molecule has 1 heterocycles. The Balaban J connectivity index is 1.77. The zero-order valence-corrected chi connectivity index (χ0v) is 14.8. The third-order valence-corrected chi connectivity index (χ3v) is 7.35. The van der Waals surface area contributed by atoms with Gasteiger partial charge in [0, 0.05) is 6.61 Å². The molecule has 5 atom stereocenters. The van der Waals surface area contributed by atoms with Crippen LogP contribution in [-0.2, 0) is 9.53 Å². The van der Waals surface area contributed by atoms with Crippen molar-refractivity contribution in [3.63, 3.8) is 0 Å². The van der Waals surface area contributed by atoms with Gasteiger partial charge in [-0.05, 0) is 67.6 Å². The summed E-state index contributed by atoms with van der Waals surface area (Å²) in [6, 6.07) is 0. The lowest BCUT2D eigenvalue weighted by Gasteiger charge is -2.58. The highest BCUT2D eigenvalue weighted by atomic mass is 16.5. The highest BCUT2D eigenvalue weighted by Crippen LogP contribution is 2.61. The van der Waals surface area contributed by atoms with E-state index in [4.69, 9.17) is 4.74 Å². The molecule has 3 heteroatoms. The van der Waals surface area contributed by atoms with Crippen LogP contribution in [0.15, 0.2) is 12.2 Å². The topological polar surface area (TPSA) is 46.5 Å². The summed E-state index contributed by atoms with van der Waals surface area (Å²) in [5, 5.41) is 10.0. The van der Waals surface area contributed by atoms with E-state index in [1.54, 1.807) is 0 Å². The number of fused-ring (bicyclic) bond motifs is 1. The van der Waals surface area contributed by atoms with Crippen LogP contribution in [0.4, 0.5) is 0 Å². The van der Waals surface area contributed by atoms with Crippen molar-refractivity contribution in [2.45, 2.75) is 65.2 Å². The van der Waals surface area contributed by atoms with Crippen LogP contribution in [0, 0.1) is 28.6 Å². The molecule has 1 aliphatic heterocycles. The van der Waals surface area contributed by atoms with Crippen molar-refractivity contribution in [2.75, 3.05) is 13.2 Å². The van der Waals surface area contributed by atoms with Gasteiger partial charge in [-0.15, -0.1) is 0 Å². The number of cyclic esters (lactones) is 1. The summed E-state index contributed by atoms with van der Waals surface area (Å²) >= 11 is 0. The van der Waals surface area contributed by atoms with Crippen LogP contribution < -0.4 is 0 Å². The first-order chi connectivity index (χ1) is 10.9. The quantitative estimate of drug-likeness (QED) is 0.626. The van der Waals surface area contributed by atoms with Gasteiger partial charge in [-0.2, -0.15) is 0 Å². The molecule has 0 aromatic carbocycles. The lowest BCUT2D eigenvalue weighted by Crippen LogP contribution is -2.51. The van der Waals surface area contributed by atoms with Gasteiger partial charge in [-0.25, -0.2) is 0 Å². The van der Waals surface area contributed by atoms with Gasteiger partial charge in [-0.1, -0.05) is 32.4 Å². The molecule has 130 valence electrons. The van der Waals surface area contributed by atoms with Crippen LogP contribution >= 0.6 is 0 Å². The van der Waals surface area contributed by atoms with Crippen molar-refractivity contribution >= 4 is 5.97 Å². The number of carbonyl (C=O) groups is 1. The van der Waals surface area contributed by atoms with Gasteiger partial charge >= 0.3 is 5.97 Å². The van der Waals surface area contributed by atoms with Gasteiger partial charge < -0.3 is 9.84 Å². The lowest BCUT2D eigenvalue weighted by atomic mass is 9.46. The van der Waals surface area contributed by atoms with E-state index in [9.17, 15) is 9.90 Å². The average Bonchev–Trinajstić information content (AvgIpc) is 2.91. The number of hydrogen-bond acceptors (Lipinski definition) is 3. The Morgan fingerprint density at radius 2 is 2.04 bits per heavy atom. The van der Waals surface area contributed by atoms with E-state index in [1.165, 1.54) is 18.4 Å². The van der Waals surface area contributed by atoms with Crippen LogP contribution in [0.3, 0.4) is 0 Å². The van der Waals surface area contributed by atoms with Crippen molar-refractivity contribution in [1.29, 1.82) is 0 Å². The highest BCUT2D eigenvalue weighted by Gasteiger charge is 2.54. The minimum absolute atomic E-state index is 0.00281. The first kappa shape index (κ1) is 17.0. The monoisotopic (exact) mass is 320 g/mol. The molecule has 3 nitrogen and oxygen atoms in total. The van der Waals surface area contributed by atoms with Crippen molar-refractivity contribution < 1.29 is 14.6 Å². The van der Waals surface area contributed by atoms with E-state index in [0.29, 0.717) is 25.0 Å². The van der Waals surface area contributed by atoms with E-state index < -0.39 is 0 Å². The van der Waals surface area contributed by atoms with E-state index in [-0.39, 0.29) is 22.7 Å². The van der Waals surface area contributed by atoms with Crippen LogP contribution in [0.25, 0.3) is 0 Å². The molecule has 3 aliphatic rings. The summed E-state index contributed by atoms with van der Waals surface area (Å²) in [5.41, 5.74) is 1.66. The van der Waals surface area contributed by atoms with E-state index in [1.807, 2.05) is 0 Å². The number of rotatable bonds is 4. The Morgan fingerprint density at radius 3 is 2.70 bits per heavy atom. The van der Waals surface area contributed by atoms with Gasteiger partial charge in [-0.3, -0.25) is 4.79 Å². The van der Waals surface area contributed by atoms with Gasteiger partial charge in [0.15, 0.2) is 0 Å². The maximum absolute atomic E-state index is 11.8. The van der Waals surface area contributed by atoms with Crippen LogP contribution in [0.1, 0.15) is 65.2 Å². The minimum Gasteiger partial charge on any atom is -0.465 e. The van der Waals surface area contributed by atoms with Gasteiger partial charge in [0.1, 0.15) is 0 Å². The van der Waals surface area contributed by atoms with Gasteiger partial charge in [0.2, 0.25) is 0 Å². The average molecular weight is 320 g/mol. The maximum atomic E-state index is 11.8. The smallest absolute Gasteiger partial charge is 0.309 e. The molecule has 1 N–H and O–H groups in total. The molecule has 2 aliphatic carbocycles. The number of carbonyl (C=O) groups excluding carboxylic acids is 1. The van der Waals surface area contributed by atoms with Crippen LogP contribution in [-0.4, -0.2) is 24.3 Å². The molecule has 0 spiro atoms. The van der Waals surface area contributed by atoms with E-state index in [2.05, 4.69) is 20.4 Å². The second-order valence-corrected chi connectivity index (χ2v) is 8.70. The van der Waals surface area contributed by atoms with Gasteiger partial charge in [0.25, 0.3) is 0 Å². The molecule has 3 rings (SSSR count). The zero-order valence-electron chi connectivity index (χ0n) is 14.8. The number of ether oxygens (including phenoxy) is 1. The molecule has 2 saturated carbocycles. The number of esters is 1. The summed E-state index contributed by atoms with van der Waals surface area (Å²) in [4.78, 5) is 11.8. The summed E-state index contributed by atoms with van der Waals surface area (Å²) in [6.45, 7) is 9.97. The summed E-state index contributed by atoms with van der Waals surface area (Å²) in [5.74, 6) is 1.15. The molecule has 0 aromatic rings. The summed E-state index contributed by atoms with van der Waals surface area (Å²) in [6.07, 6.45) is 8.66. The largest absolute Gasteiger partial charge is 0.465 e. The van der Waals surface area contributed by atoms with Crippen LogP contribution in [0.2, 0.25) is 0 Å². The Labute approximate surface area is 140 Å². The fourth-order valence-electron chi connectivity index (χ4n) is 5.97. The Morgan fingerprint density at radius 1 is 1.26 bits per heavy atom. The molecule has 23 heavy (non-hydrogen) atoms. The van der Waals surface area contributed by atoms with Crippen LogP contribution in [0.5, 0.6) is 0 Å². The molecule has 1 saturated heterocycles. The Kier molecular flexibility index (Phi) is 4.61. The third-order valence-electron chi connectivity index (χ3n) is 7.35. The molecule has 1 unspecified atom stereocenters. The maximum Gasteiger partial charge on any atom is 0.309 e. The van der Waals surface area contributed by atoms with Gasteiger partial charge in [0.05, 0.1) is 12.5 Å². The number of allylic oxidation sites excluding steroid dienone is 1. The van der Waals surface area contributed by atoms with E-state index >= 15 is 0 Å². The number of aliphatic hydroxyl groups is 1. The normalized spacial score (nSPS) is 44.0. The molecule has 0 amide bonds. The second kappa shape index (κ2) is 6.23. The predicted molar refractivity (Wildman–Crippen MR) is 90.8 cm³/mol. The first-order valence-corrected chi connectivity index (χ1v) is 9.36. The van der Waals surface area contributed by atoms with E-state index in [0.717, 1.165) is 38.5 Å². The molecule has 0 radical (unpaired) electrons. The Bertz CT molecular complexity index is 485. The minimum atomic E-state index is -0.00281. The fourth-order valence-corrected chi connectivity index (χ4v) is 5.97. The predicted octanol–water partition coefficient (Wildman–Crippen LogP) is 4.10. The molecular weight excluding hydrogens is 288 g/mol. The fraction of sp³-hybridized carbons (Fsp3) is 0.850. The standard InChI is InChI=1S/C20H32O3/c1-14-5-8-17-19(2,13-21)10-4-11-20(17,3)16(14)7-6-15-9-12-23-18(15)22/h15-17,21H,1,4-13H2,2-3H3/t15?,16-,17-,19+,20+/m0/s1. The molecule has 0 bridgehead atoms. The van der Waals surface area contributed by atoms with Crippen molar-refractivity contribution in [1.82, 2.24) is 0 Å². The van der Waals surface area contributed by atoms with Crippen molar-refractivity contribution in [3.05, 3.63) is 12.2 Å². The summed E-state index contributed by atoms with van der Waals surface area (Å²) in [7, 11) is 0. The molecular formula is C20H32O3. The first-order valence-electron chi connectivity index (χ1n) is 9.36. The van der Waals surface area contributed by atoms with Crippen molar-refractivity contribution in [2.24, 2.45) is 28.6 Å². The summed E-state index contributed by atoms with van der Waals surface area (Å²) < 4.78 is 5.12. The number of aliphatic hydroxyl groups excluding tert-OH is 1.